The second kappa shape index (κ2) is 8.98. The molecule has 0 radical (unpaired) electrons. The second-order valence-electron chi connectivity index (χ2n) is 5.80. The van der Waals surface area contributed by atoms with Crippen LogP contribution in [0.5, 0.6) is 0 Å². The number of hydrogen-bond donors (Lipinski definition) is 2. The number of sulfonamides is 1. The van der Waals surface area contributed by atoms with Gasteiger partial charge in [0, 0.05) is 44.8 Å². The molecule has 0 aliphatic rings. The lowest BCUT2D eigenvalue weighted by atomic mass is 10.2. The van der Waals surface area contributed by atoms with Gasteiger partial charge in [0.1, 0.15) is 5.82 Å². The van der Waals surface area contributed by atoms with Gasteiger partial charge in [0.15, 0.2) is 0 Å². The number of amides is 1. The summed E-state index contributed by atoms with van der Waals surface area (Å²) < 4.78 is 26.6. The molecule has 0 bridgehead atoms. The van der Waals surface area contributed by atoms with E-state index in [0.29, 0.717) is 11.6 Å². The van der Waals surface area contributed by atoms with Crippen molar-refractivity contribution in [3.8, 4) is 0 Å². The molecule has 0 spiro atoms. The number of nitrogens with zero attached hydrogens (tertiary/aromatic N) is 2. The molecule has 9 heteroatoms. The van der Waals surface area contributed by atoms with Gasteiger partial charge in [0.2, 0.25) is 15.9 Å². The fraction of sp³-hybridized carbons (Fsp3) is 0.294. The molecule has 140 valence electrons. The molecule has 0 unspecified atom stereocenters. The summed E-state index contributed by atoms with van der Waals surface area (Å²) in [7, 11) is 0.107. The molecule has 1 amide bonds. The predicted octanol–water partition coefficient (Wildman–Crippen LogP) is 1.79. The first-order valence-electron chi connectivity index (χ1n) is 7.92. The lowest BCUT2D eigenvalue weighted by molar-refractivity contribution is -0.121. The first-order valence-corrected chi connectivity index (χ1v) is 9.78. The van der Waals surface area contributed by atoms with Crippen LogP contribution in [0.3, 0.4) is 0 Å². The number of carbonyl (C=O) groups is 1. The van der Waals surface area contributed by atoms with E-state index in [-0.39, 0.29) is 23.8 Å². The van der Waals surface area contributed by atoms with Crippen molar-refractivity contribution in [3.63, 3.8) is 0 Å². The quantitative estimate of drug-likeness (QED) is 0.709. The maximum Gasteiger partial charge on any atom is 0.240 e. The Labute approximate surface area is 158 Å². The summed E-state index contributed by atoms with van der Waals surface area (Å²) in [5, 5.41) is 3.07. The predicted molar refractivity (Wildman–Crippen MR) is 102 cm³/mol. The molecule has 1 aromatic heterocycles. The molecule has 0 atom stereocenters. The second-order valence-corrected chi connectivity index (χ2v) is 8.00. The van der Waals surface area contributed by atoms with Gasteiger partial charge in [-0.1, -0.05) is 23.7 Å². The third-order valence-corrected chi connectivity index (χ3v) is 5.20. The highest BCUT2D eigenvalue weighted by atomic mass is 35.5. The Hall–Kier alpha value is -2.16. The summed E-state index contributed by atoms with van der Waals surface area (Å²) in [5.41, 5.74) is 0.864. The molecule has 0 aliphatic heterocycles. The summed E-state index contributed by atoms with van der Waals surface area (Å²) in [4.78, 5) is 18.1. The summed E-state index contributed by atoms with van der Waals surface area (Å²) in [5.74, 6) is 0.575. The molecular formula is C17H21ClN4O3S. The monoisotopic (exact) mass is 396 g/mol. The van der Waals surface area contributed by atoms with Crippen molar-refractivity contribution >= 4 is 33.3 Å². The minimum Gasteiger partial charge on any atom is -0.363 e. The zero-order valence-corrected chi connectivity index (χ0v) is 16.1. The van der Waals surface area contributed by atoms with E-state index in [4.69, 9.17) is 11.6 Å². The highest BCUT2D eigenvalue weighted by Crippen LogP contribution is 2.15. The molecule has 0 saturated carbocycles. The number of nitrogens with one attached hydrogen (secondary N) is 2. The molecule has 1 aromatic carbocycles. The Morgan fingerprint density at radius 2 is 2.00 bits per heavy atom. The maximum absolute atomic E-state index is 12.1. The average Bonchev–Trinajstić information content (AvgIpc) is 2.60. The van der Waals surface area contributed by atoms with E-state index in [1.54, 1.807) is 18.3 Å². The van der Waals surface area contributed by atoms with Crippen LogP contribution in [0.15, 0.2) is 47.5 Å². The van der Waals surface area contributed by atoms with E-state index in [1.165, 1.54) is 12.1 Å². The number of aromatic nitrogens is 1. The molecule has 0 aliphatic carbocycles. The number of hydrogen-bond acceptors (Lipinski definition) is 5. The Morgan fingerprint density at radius 3 is 2.62 bits per heavy atom. The summed E-state index contributed by atoms with van der Waals surface area (Å²) in [6.07, 6.45) is 1.72. The minimum absolute atomic E-state index is 0.00149. The number of benzene rings is 1. The van der Waals surface area contributed by atoms with Gasteiger partial charge in [-0.2, -0.15) is 0 Å². The molecule has 2 rings (SSSR count). The van der Waals surface area contributed by atoms with Crippen molar-refractivity contribution in [1.29, 1.82) is 0 Å². The van der Waals surface area contributed by atoms with Crippen molar-refractivity contribution in [2.24, 2.45) is 0 Å². The van der Waals surface area contributed by atoms with Gasteiger partial charge in [-0.15, -0.1) is 0 Å². The molecule has 2 N–H and O–H groups in total. The van der Waals surface area contributed by atoms with E-state index in [0.717, 1.165) is 11.4 Å². The standard InChI is InChI=1S/C17H21ClN4O3S/c1-22(2)16-7-6-13(11-19-16)12-20-17(23)8-9-21-26(24,25)15-5-3-4-14(18)10-15/h3-7,10-11,21H,8-9,12H2,1-2H3,(H,20,23). The molecule has 2 aromatic rings. The zero-order valence-electron chi connectivity index (χ0n) is 14.6. The van der Waals surface area contributed by atoms with E-state index >= 15 is 0 Å². The Balaban J connectivity index is 1.78. The normalized spacial score (nSPS) is 11.2. The molecular weight excluding hydrogens is 376 g/mol. The van der Waals surface area contributed by atoms with Crippen LogP contribution in [-0.2, 0) is 21.4 Å². The van der Waals surface area contributed by atoms with Gasteiger partial charge in [0.05, 0.1) is 4.90 Å². The van der Waals surface area contributed by atoms with E-state index in [1.807, 2.05) is 31.1 Å². The number of anilines is 1. The molecule has 0 fully saturated rings. The van der Waals surface area contributed by atoms with Crippen molar-refractivity contribution in [2.75, 3.05) is 25.5 Å². The van der Waals surface area contributed by atoms with Crippen LogP contribution in [0, 0.1) is 0 Å². The van der Waals surface area contributed by atoms with Gasteiger partial charge in [-0.05, 0) is 29.8 Å². The third kappa shape index (κ3) is 5.98. The lowest BCUT2D eigenvalue weighted by Crippen LogP contribution is -2.30. The summed E-state index contributed by atoms with van der Waals surface area (Å²) >= 11 is 5.80. The molecule has 1 heterocycles. The Bertz CT molecular complexity index is 855. The fourth-order valence-corrected chi connectivity index (χ4v) is 3.42. The molecule has 26 heavy (non-hydrogen) atoms. The summed E-state index contributed by atoms with van der Waals surface area (Å²) in [6, 6.07) is 9.69. The van der Waals surface area contributed by atoms with E-state index in [2.05, 4.69) is 15.0 Å². The van der Waals surface area contributed by atoms with Crippen LogP contribution >= 0.6 is 11.6 Å². The van der Waals surface area contributed by atoms with Gasteiger partial charge in [0.25, 0.3) is 0 Å². The van der Waals surface area contributed by atoms with Gasteiger partial charge in [-0.25, -0.2) is 18.1 Å². The van der Waals surface area contributed by atoms with Crippen LogP contribution in [0.1, 0.15) is 12.0 Å². The van der Waals surface area contributed by atoms with E-state index in [9.17, 15) is 13.2 Å². The van der Waals surface area contributed by atoms with Crippen molar-refractivity contribution in [1.82, 2.24) is 15.0 Å². The van der Waals surface area contributed by atoms with Gasteiger partial charge >= 0.3 is 0 Å². The maximum atomic E-state index is 12.1. The minimum atomic E-state index is -3.69. The SMILES string of the molecule is CN(C)c1ccc(CNC(=O)CCNS(=O)(=O)c2cccc(Cl)c2)cn1. The fourth-order valence-electron chi connectivity index (χ4n) is 2.09. The highest BCUT2D eigenvalue weighted by Gasteiger charge is 2.14. The van der Waals surface area contributed by atoms with Crippen molar-refractivity contribution < 1.29 is 13.2 Å². The van der Waals surface area contributed by atoms with Crippen LogP contribution in [-0.4, -0.2) is 39.9 Å². The summed E-state index contributed by atoms with van der Waals surface area (Å²) in [6.45, 7) is 0.332. The average molecular weight is 397 g/mol. The number of halogens is 1. The van der Waals surface area contributed by atoms with Crippen LogP contribution < -0.4 is 14.9 Å². The van der Waals surface area contributed by atoms with Crippen LogP contribution in [0.4, 0.5) is 5.82 Å². The Morgan fingerprint density at radius 1 is 1.23 bits per heavy atom. The lowest BCUT2D eigenvalue weighted by Gasteiger charge is -2.11. The number of rotatable bonds is 8. The van der Waals surface area contributed by atoms with Gasteiger partial charge in [-0.3, -0.25) is 4.79 Å². The molecule has 0 saturated heterocycles. The smallest absolute Gasteiger partial charge is 0.240 e. The van der Waals surface area contributed by atoms with E-state index < -0.39 is 10.0 Å². The topological polar surface area (TPSA) is 91.4 Å². The number of carbonyl (C=O) groups excluding carboxylic acids is 1. The first-order chi connectivity index (χ1) is 12.3. The van der Waals surface area contributed by atoms with Crippen molar-refractivity contribution in [2.45, 2.75) is 17.9 Å². The zero-order chi connectivity index (χ0) is 19.2. The van der Waals surface area contributed by atoms with Crippen molar-refractivity contribution in [3.05, 3.63) is 53.2 Å². The van der Waals surface area contributed by atoms with Crippen LogP contribution in [0.2, 0.25) is 5.02 Å². The largest absolute Gasteiger partial charge is 0.363 e. The van der Waals surface area contributed by atoms with Gasteiger partial charge < -0.3 is 10.2 Å². The highest BCUT2D eigenvalue weighted by molar-refractivity contribution is 7.89. The van der Waals surface area contributed by atoms with Crippen LogP contribution in [0.25, 0.3) is 0 Å². The Kier molecular flexibility index (Phi) is 6.96. The third-order valence-electron chi connectivity index (χ3n) is 3.51. The number of pyridine rings is 1. The molecule has 7 nitrogen and oxygen atoms in total. The first kappa shape index (κ1) is 20.2.